The van der Waals surface area contributed by atoms with Crippen LogP contribution in [-0.2, 0) is 33.4 Å². The van der Waals surface area contributed by atoms with E-state index < -0.39 is 6.10 Å². The lowest BCUT2D eigenvalue weighted by Crippen LogP contribution is -2.09. The predicted molar refractivity (Wildman–Crippen MR) is 280 cm³/mol. The van der Waals surface area contributed by atoms with Gasteiger partial charge >= 0.3 is 0 Å². The third-order valence-electron chi connectivity index (χ3n) is 15.4. The molecule has 2 aromatic carbocycles. The van der Waals surface area contributed by atoms with Gasteiger partial charge in [-0.05, 0) is 169 Å². The normalized spacial score (nSPS) is 13.3. The van der Waals surface area contributed by atoms with Crippen LogP contribution in [0.3, 0.4) is 0 Å². The smallest absolute Gasteiger partial charge is 0.190 e. The summed E-state index contributed by atoms with van der Waals surface area (Å²) in [5.74, 6) is 0.0605. The number of allylic oxidation sites excluding steroid dienone is 2. The summed E-state index contributed by atoms with van der Waals surface area (Å²) in [6.07, 6.45) is 13.6. The first-order valence-electron chi connectivity index (χ1n) is 23.8. The lowest BCUT2D eigenvalue weighted by atomic mass is 9.87. The van der Waals surface area contributed by atoms with Crippen molar-refractivity contribution in [3.05, 3.63) is 170 Å². The zero-order valence-corrected chi connectivity index (χ0v) is 43.2. The van der Waals surface area contributed by atoms with Crippen molar-refractivity contribution in [2.45, 2.75) is 115 Å². The third kappa shape index (κ3) is 7.76. The highest BCUT2D eigenvalue weighted by molar-refractivity contribution is 6.20. The summed E-state index contributed by atoms with van der Waals surface area (Å²) in [5.41, 5.74) is 27.2. The average Bonchev–Trinajstić information content (AvgIpc) is 4.17. The van der Waals surface area contributed by atoms with E-state index in [1.807, 2.05) is 79.9 Å². The summed E-state index contributed by atoms with van der Waals surface area (Å²) in [5, 5.41) is 41.5. The number of aliphatic hydroxyl groups excluding tert-OH is 1. The number of benzene rings is 2. The number of nitriles is 3. The van der Waals surface area contributed by atoms with Crippen molar-refractivity contribution in [2.75, 3.05) is 0 Å². The van der Waals surface area contributed by atoms with Gasteiger partial charge in [-0.3, -0.25) is 19.7 Å². The Morgan fingerprint density at radius 2 is 1.13 bits per heavy atom. The fourth-order valence-corrected chi connectivity index (χ4v) is 11.2. The Bertz CT molecular complexity index is 3700. The summed E-state index contributed by atoms with van der Waals surface area (Å²) in [6, 6.07) is 8.74. The molecule has 0 bridgehead atoms. The minimum Gasteiger partial charge on any atom is -0.384 e. The van der Waals surface area contributed by atoms with Gasteiger partial charge in [-0.1, -0.05) is 18.2 Å². The number of Topliss-reactive ketones (excluding diaryl/α,β-unsaturated/α-hetero) is 1. The van der Waals surface area contributed by atoms with Crippen molar-refractivity contribution in [1.82, 2.24) is 24.1 Å². The van der Waals surface area contributed by atoms with Crippen LogP contribution in [-0.4, -0.2) is 35.0 Å². The molecule has 3 aliphatic rings. The van der Waals surface area contributed by atoms with Crippen molar-refractivity contribution in [2.24, 2.45) is 14.1 Å². The maximum atomic E-state index is 13.6. The fraction of sp³-hybridized carbons (Fsp3) is 0.317. The van der Waals surface area contributed by atoms with E-state index in [1.54, 1.807) is 0 Å². The molecule has 1 atom stereocenters. The molecule has 10 nitrogen and oxygen atoms in total. The van der Waals surface area contributed by atoms with Gasteiger partial charge in [-0.25, -0.2) is 0 Å². The second kappa shape index (κ2) is 18.3. The van der Waals surface area contributed by atoms with Gasteiger partial charge in [0.05, 0.1) is 61.9 Å². The van der Waals surface area contributed by atoms with Crippen LogP contribution in [0.5, 0.6) is 0 Å². The number of carbonyl (C=O) groups excluding carboxylic acids is 1. The molecule has 352 valence electrons. The Morgan fingerprint density at radius 3 is 1.71 bits per heavy atom. The molecule has 0 saturated heterocycles. The van der Waals surface area contributed by atoms with Gasteiger partial charge in [0.1, 0.15) is 24.3 Å². The van der Waals surface area contributed by atoms with E-state index in [9.17, 15) is 20.4 Å². The molecule has 70 heavy (non-hydrogen) atoms. The summed E-state index contributed by atoms with van der Waals surface area (Å²) in [7, 11) is 4.08. The molecule has 10 rings (SSSR count). The van der Waals surface area contributed by atoms with Crippen molar-refractivity contribution in [1.29, 1.82) is 15.8 Å². The van der Waals surface area contributed by atoms with E-state index in [0.29, 0.717) is 24.0 Å². The number of nitrogens with zero attached hydrogens (tertiary/aromatic N) is 8. The minimum absolute atomic E-state index is 0.0605. The molecule has 5 aromatic heterocycles. The van der Waals surface area contributed by atoms with Crippen LogP contribution in [0.2, 0.25) is 0 Å². The number of hydrogen-bond donors (Lipinski definition) is 1. The van der Waals surface area contributed by atoms with Crippen LogP contribution in [0.25, 0.3) is 40.0 Å². The maximum Gasteiger partial charge on any atom is 0.190 e. The lowest BCUT2D eigenvalue weighted by Gasteiger charge is -2.21. The summed E-state index contributed by atoms with van der Waals surface area (Å²) >= 11 is 0. The molecule has 1 unspecified atom stereocenters. The van der Waals surface area contributed by atoms with Crippen LogP contribution in [0.15, 0.2) is 35.7 Å². The Balaban J connectivity index is 0.000000151. The molecule has 0 aliphatic heterocycles. The van der Waals surface area contributed by atoms with E-state index in [0.717, 1.165) is 135 Å². The first kappa shape index (κ1) is 48.7. The van der Waals surface area contributed by atoms with Crippen molar-refractivity contribution in [3.8, 4) is 18.2 Å². The molecule has 7 aromatic rings. The number of ketones is 1. The number of fused-ring (bicyclic) bond motifs is 5. The Kier molecular flexibility index (Phi) is 12.8. The molecule has 0 saturated carbocycles. The molecular formula is C60H60N8O2. The second-order valence-electron chi connectivity index (χ2n) is 19.5. The van der Waals surface area contributed by atoms with Crippen LogP contribution in [0.4, 0.5) is 0 Å². The highest BCUT2D eigenvalue weighted by Crippen LogP contribution is 2.42. The molecule has 3 aliphatic carbocycles. The minimum atomic E-state index is -0.697. The molecule has 0 radical (unpaired) electrons. The van der Waals surface area contributed by atoms with E-state index in [4.69, 9.17) is 5.26 Å². The number of carbonyl (C=O) groups is 1. The number of pyridine rings is 3. The van der Waals surface area contributed by atoms with Gasteiger partial charge in [-0.2, -0.15) is 15.8 Å². The molecule has 10 heteroatoms. The van der Waals surface area contributed by atoms with Crippen molar-refractivity contribution < 1.29 is 9.90 Å². The number of aryl methyl sites for hydroxylation is 8. The van der Waals surface area contributed by atoms with Crippen molar-refractivity contribution in [3.63, 3.8) is 0 Å². The van der Waals surface area contributed by atoms with Crippen LogP contribution in [0.1, 0.15) is 145 Å². The average molecular weight is 925 g/mol. The lowest BCUT2D eigenvalue weighted by molar-refractivity contribution is 0.103. The largest absolute Gasteiger partial charge is 0.384 e. The van der Waals surface area contributed by atoms with Gasteiger partial charge in [0, 0.05) is 84.4 Å². The molecule has 5 heterocycles. The monoisotopic (exact) mass is 924 g/mol. The quantitative estimate of drug-likeness (QED) is 0.171. The molecule has 0 fully saturated rings. The molecule has 1 N–H and O–H groups in total. The van der Waals surface area contributed by atoms with Gasteiger partial charge in [0.2, 0.25) is 0 Å². The number of aromatic nitrogens is 5. The topological polar surface area (TPSA) is 157 Å². The van der Waals surface area contributed by atoms with Gasteiger partial charge in [0.25, 0.3) is 0 Å². The van der Waals surface area contributed by atoms with E-state index in [1.165, 1.54) is 27.8 Å². The van der Waals surface area contributed by atoms with Crippen LogP contribution in [0, 0.1) is 124 Å². The highest BCUT2D eigenvalue weighted by atomic mass is 16.3. The molecule has 0 spiro atoms. The SMILES string of the molecule is Cc1nc2c(c(C)c1C#N)C=C(C(=O)c1c(C)c(C)c(C)c3c1ccn3C)C2.Cc1nc2c(c(C)c1C#N)C=C(C(O)c1c(C)c(C)c(C)c3c1c(C)cn3C)C2.Cc1nc2c(c(C)c1C#N)C=CC2. The zero-order chi connectivity index (χ0) is 50.9. The molecular weight excluding hydrogens is 865 g/mol. The van der Waals surface area contributed by atoms with E-state index >= 15 is 0 Å². The zero-order valence-electron chi connectivity index (χ0n) is 43.2. The first-order valence-corrected chi connectivity index (χ1v) is 23.8. The maximum absolute atomic E-state index is 13.6. The Labute approximate surface area is 411 Å². The van der Waals surface area contributed by atoms with Crippen molar-refractivity contribution >= 4 is 45.8 Å². The van der Waals surface area contributed by atoms with Crippen LogP contribution >= 0.6 is 0 Å². The fourth-order valence-electron chi connectivity index (χ4n) is 11.2. The van der Waals surface area contributed by atoms with E-state index in [-0.39, 0.29) is 5.78 Å². The third-order valence-corrected chi connectivity index (χ3v) is 15.4. The first-order chi connectivity index (χ1) is 33.2. The standard InChI is InChI=1S/C25H27N3O.C24H23N3O.C11H10N2/c1-12-11-28(7)24-15(4)13(2)14(3)23(22(12)24)25(29)18-8-19-16(5)20(10-26)17(6)27-21(19)9-18;1-12-13(2)22(18-7-8-27(6)23(18)14(12)3)24(28)17-9-19-15(4)20(11-25)16(5)26-21(19)10-17;1-7-9-4-3-5-11(9)13-8(2)10(7)6-12/h8,11,25,29H,9H2,1-7H3;7-9H,10H2,1-6H3;3-4H,5H2,1-2H3. The summed E-state index contributed by atoms with van der Waals surface area (Å²) < 4.78 is 4.24. The number of hydrogen-bond acceptors (Lipinski definition) is 8. The van der Waals surface area contributed by atoms with Gasteiger partial charge in [0.15, 0.2) is 5.78 Å². The van der Waals surface area contributed by atoms with Crippen LogP contribution < -0.4 is 0 Å². The summed E-state index contributed by atoms with van der Waals surface area (Å²) in [4.78, 5) is 27.3. The highest BCUT2D eigenvalue weighted by Gasteiger charge is 2.30. The van der Waals surface area contributed by atoms with Gasteiger partial charge < -0.3 is 14.2 Å². The second-order valence-corrected chi connectivity index (χ2v) is 19.5. The van der Waals surface area contributed by atoms with Gasteiger partial charge in [-0.15, -0.1) is 0 Å². The number of aliphatic hydroxyl groups is 1. The molecule has 0 amide bonds. The number of rotatable bonds is 4. The predicted octanol–water partition coefficient (Wildman–Crippen LogP) is 11.9. The van der Waals surface area contributed by atoms with E-state index in [2.05, 4.69) is 109 Å². The summed E-state index contributed by atoms with van der Waals surface area (Å²) in [6.45, 7) is 26.3. The Morgan fingerprint density at radius 1 is 0.614 bits per heavy atom. The Hall–Kier alpha value is -7.71.